The quantitative estimate of drug-likeness (QED) is 0.940. The number of rotatable bonds is 3. The lowest BCUT2D eigenvalue weighted by atomic mass is 10.1. The number of morpholine rings is 1. The van der Waals surface area contributed by atoms with Gasteiger partial charge in [0.05, 0.1) is 25.4 Å². The second kappa shape index (κ2) is 6.80. The number of nitrogens with one attached hydrogen (secondary N) is 1. The first kappa shape index (κ1) is 15.5. The third-order valence-corrected chi connectivity index (χ3v) is 3.82. The molecular formula is C16H20N4O3. The van der Waals surface area contributed by atoms with Crippen molar-refractivity contribution in [3.63, 3.8) is 0 Å². The maximum absolute atomic E-state index is 12.7. The number of urea groups is 1. The topological polar surface area (TPSA) is 68.6 Å². The van der Waals surface area contributed by atoms with E-state index in [9.17, 15) is 4.79 Å². The summed E-state index contributed by atoms with van der Waals surface area (Å²) >= 11 is 0. The van der Waals surface area contributed by atoms with E-state index in [1.54, 1.807) is 22.9 Å². The van der Waals surface area contributed by atoms with Crippen LogP contribution >= 0.6 is 0 Å². The highest BCUT2D eigenvalue weighted by Gasteiger charge is 2.34. The Bertz CT molecular complexity index is 658. The van der Waals surface area contributed by atoms with Gasteiger partial charge >= 0.3 is 6.03 Å². The Labute approximate surface area is 134 Å². The number of aromatic nitrogens is 2. The summed E-state index contributed by atoms with van der Waals surface area (Å²) in [4.78, 5) is 14.4. The molecule has 1 aromatic heterocycles. The standard InChI is InChI=1S/C16H20N4O3/c1-19-9-12(8-17-19)14-11-23-15(22-2)10-20(14)16(21)18-13-6-4-3-5-7-13/h3-9,14-15H,10-11H2,1-2H3,(H,18,21). The molecule has 2 atom stereocenters. The van der Waals surface area contributed by atoms with E-state index < -0.39 is 6.29 Å². The highest BCUT2D eigenvalue weighted by Crippen LogP contribution is 2.27. The van der Waals surface area contributed by atoms with Crippen LogP contribution in [0.15, 0.2) is 42.7 Å². The molecule has 3 rings (SSSR count). The van der Waals surface area contributed by atoms with Gasteiger partial charge in [0.1, 0.15) is 0 Å². The lowest BCUT2D eigenvalue weighted by Gasteiger charge is -2.38. The smallest absolute Gasteiger partial charge is 0.322 e. The molecule has 1 fully saturated rings. The molecule has 122 valence electrons. The molecule has 1 aromatic carbocycles. The van der Waals surface area contributed by atoms with E-state index in [-0.39, 0.29) is 12.1 Å². The van der Waals surface area contributed by atoms with E-state index in [0.29, 0.717) is 13.2 Å². The van der Waals surface area contributed by atoms with Gasteiger partial charge in [0.15, 0.2) is 6.29 Å². The first-order valence-corrected chi connectivity index (χ1v) is 7.43. The van der Waals surface area contributed by atoms with Crippen LogP contribution in [-0.2, 0) is 16.5 Å². The number of carbonyl (C=O) groups is 1. The van der Waals surface area contributed by atoms with Crippen LogP contribution < -0.4 is 5.32 Å². The van der Waals surface area contributed by atoms with E-state index in [1.165, 1.54) is 0 Å². The Hall–Kier alpha value is -2.38. The summed E-state index contributed by atoms with van der Waals surface area (Å²) in [5, 5.41) is 7.09. The maximum atomic E-state index is 12.7. The van der Waals surface area contributed by atoms with Crippen LogP contribution in [0.3, 0.4) is 0 Å². The molecule has 0 spiro atoms. The van der Waals surface area contributed by atoms with Crippen LogP contribution in [0.25, 0.3) is 0 Å². The summed E-state index contributed by atoms with van der Waals surface area (Å²) in [5.74, 6) is 0. The average molecular weight is 316 g/mol. The summed E-state index contributed by atoms with van der Waals surface area (Å²) in [7, 11) is 3.42. The van der Waals surface area contributed by atoms with Crippen molar-refractivity contribution in [2.45, 2.75) is 12.3 Å². The van der Waals surface area contributed by atoms with E-state index in [2.05, 4.69) is 10.4 Å². The second-order valence-electron chi connectivity index (χ2n) is 5.41. The van der Waals surface area contributed by atoms with Gasteiger partial charge in [-0.1, -0.05) is 18.2 Å². The van der Waals surface area contributed by atoms with E-state index in [0.717, 1.165) is 11.3 Å². The van der Waals surface area contributed by atoms with Gasteiger partial charge < -0.3 is 19.7 Å². The number of nitrogens with zero attached hydrogens (tertiary/aromatic N) is 3. The maximum Gasteiger partial charge on any atom is 0.322 e. The van der Waals surface area contributed by atoms with Crippen molar-refractivity contribution < 1.29 is 14.3 Å². The van der Waals surface area contributed by atoms with Crippen LogP contribution in [0.1, 0.15) is 11.6 Å². The Morgan fingerprint density at radius 3 is 2.83 bits per heavy atom. The van der Waals surface area contributed by atoms with Crippen molar-refractivity contribution >= 4 is 11.7 Å². The predicted octanol–water partition coefficient (Wildman–Crippen LogP) is 2.00. The summed E-state index contributed by atoms with van der Waals surface area (Å²) < 4.78 is 12.6. The minimum Gasteiger partial charge on any atom is -0.354 e. The van der Waals surface area contributed by atoms with Crippen LogP contribution in [0.5, 0.6) is 0 Å². The first-order valence-electron chi connectivity index (χ1n) is 7.43. The number of amides is 2. The average Bonchev–Trinajstić information content (AvgIpc) is 3.01. The third kappa shape index (κ3) is 3.52. The highest BCUT2D eigenvalue weighted by molar-refractivity contribution is 5.89. The highest BCUT2D eigenvalue weighted by atomic mass is 16.7. The zero-order valence-electron chi connectivity index (χ0n) is 13.2. The van der Waals surface area contributed by atoms with Gasteiger partial charge in [-0.25, -0.2) is 4.79 Å². The SMILES string of the molecule is COC1CN(C(=O)Nc2ccccc2)C(c2cnn(C)c2)CO1. The second-order valence-corrected chi connectivity index (χ2v) is 5.41. The van der Waals surface area contributed by atoms with Crippen molar-refractivity contribution in [3.05, 3.63) is 48.3 Å². The number of hydrogen-bond donors (Lipinski definition) is 1. The molecule has 23 heavy (non-hydrogen) atoms. The molecule has 0 saturated carbocycles. The molecule has 0 aliphatic carbocycles. The number of methoxy groups -OCH3 is 1. The van der Waals surface area contributed by atoms with Crippen LogP contribution in [0.2, 0.25) is 0 Å². The summed E-state index contributed by atoms with van der Waals surface area (Å²) in [6.45, 7) is 0.723. The molecule has 7 nitrogen and oxygen atoms in total. The minimum absolute atomic E-state index is 0.185. The van der Waals surface area contributed by atoms with E-state index in [4.69, 9.17) is 9.47 Å². The fraction of sp³-hybridized carbons (Fsp3) is 0.375. The van der Waals surface area contributed by atoms with Gasteiger partial charge in [-0.2, -0.15) is 5.10 Å². The number of anilines is 1. The zero-order chi connectivity index (χ0) is 16.2. The predicted molar refractivity (Wildman–Crippen MR) is 84.9 cm³/mol. The number of carbonyl (C=O) groups excluding carboxylic acids is 1. The molecule has 1 N–H and O–H groups in total. The van der Waals surface area contributed by atoms with Crippen molar-refractivity contribution in [1.29, 1.82) is 0 Å². The number of para-hydroxylation sites is 1. The van der Waals surface area contributed by atoms with Crippen LogP contribution in [0, 0.1) is 0 Å². The van der Waals surface area contributed by atoms with Gasteiger partial charge in [0, 0.05) is 31.6 Å². The Balaban J connectivity index is 1.79. The van der Waals surface area contributed by atoms with Gasteiger partial charge in [-0.15, -0.1) is 0 Å². The molecule has 2 unspecified atom stereocenters. The van der Waals surface area contributed by atoms with Crippen LogP contribution in [-0.4, -0.2) is 47.3 Å². The zero-order valence-corrected chi connectivity index (χ0v) is 13.2. The van der Waals surface area contributed by atoms with Crippen molar-refractivity contribution in [2.24, 2.45) is 7.05 Å². The number of benzene rings is 1. The molecular weight excluding hydrogens is 296 g/mol. The lowest BCUT2D eigenvalue weighted by molar-refractivity contribution is -0.172. The molecule has 2 amide bonds. The summed E-state index contributed by atoms with van der Waals surface area (Å²) in [5.41, 5.74) is 1.69. The van der Waals surface area contributed by atoms with Crippen molar-refractivity contribution in [3.8, 4) is 0 Å². The summed E-state index contributed by atoms with van der Waals surface area (Å²) in [6, 6.07) is 8.99. The van der Waals surface area contributed by atoms with Crippen molar-refractivity contribution in [1.82, 2.24) is 14.7 Å². The number of ether oxygens (including phenoxy) is 2. The van der Waals surface area contributed by atoms with Gasteiger partial charge in [0.25, 0.3) is 0 Å². The van der Waals surface area contributed by atoms with Gasteiger partial charge in [-0.05, 0) is 12.1 Å². The number of hydrogen-bond acceptors (Lipinski definition) is 4. The molecule has 7 heteroatoms. The molecule has 0 radical (unpaired) electrons. The van der Waals surface area contributed by atoms with Gasteiger partial charge in [0.2, 0.25) is 0 Å². The summed E-state index contributed by atoms with van der Waals surface area (Å²) in [6.07, 6.45) is 3.22. The molecule has 1 saturated heterocycles. The Morgan fingerprint density at radius 2 is 2.17 bits per heavy atom. The van der Waals surface area contributed by atoms with Crippen molar-refractivity contribution in [2.75, 3.05) is 25.6 Å². The van der Waals surface area contributed by atoms with Gasteiger partial charge in [-0.3, -0.25) is 4.68 Å². The minimum atomic E-state index is -0.426. The first-order chi connectivity index (χ1) is 11.2. The monoisotopic (exact) mass is 316 g/mol. The fourth-order valence-corrected chi connectivity index (χ4v) is 2.60. The van der Waals surface area contributed by atoms with E-state index in [1.807, 2.05) is 43.6 Å². The lowest BCUT2D eigenvalue weighted by Crippen LogP contribution is -2.49. The fourth-order valence-electron chi connectivity index (χ4n) is 2.60. The third-order valence-electron chi connectivity index (χ3n) is 3.82. The number of aryl methyl sites for hydroxylation is 1. The largest absolute Gasteiger partial charge is 0.354 e. The molecule has 0 bridgehead atoms. The Kier molecular flexibility index (Phi) is 4.59. The molecule has 2 aromatic rings. The normalized spacial score (nSPS) is 21.2. The Morgan fingerprint density at radius 1 is 1.39 bits per heavy atom. The molecule has 2 heterocycles. The molecule has 1 aliphatic heterocycles. The molecule has 1 aliphatic rings. The van der Waals surface area contributed by atoms with Crippen LogP contribution in [0.4, 0.5) is 10.5 Å². The van der Waals surface area contributed by atoms with E-state index >= 15 is 0 Å².